The molecule has 3 saturated carbocycles. The van der Waals surface area contributed by atoms with Crippen molar-refractivity contribution in [2.24, 2.45) is 39.9 Å². The molecular weight excluding hydrogens is 605 g/mol. The van der Waals surface area contributed by atoms with Crippen LogP contribution < -0.4 is 0 Å². The van der Waals surface area contributed by atoms with E-state index in [4.69, 9.17) is 4.74 Å². The lowest BCUT2D eigenvalue weighted by Gasteiger charge is -2.59. The van der Waals surface area contributed by atoms with Gasteiger partial charge >= 0.3 is 0 Å². The van der Waals surface area contributed by atoms with E-state index in [0.29, 0.717) is 36.3 Å². The lowest BCUT2D eigenvalue weighted by molar-refractivity contribution is -0.139. The lowest BCUT2D eigenvalue weighted by Crippen LogP contribution is -2.55. The smallest absolute Gasteiger partial charge is 0.294 e. The highest BCUT2D eigenvalue weighted by molar-refractivity contribution is 7.85. The Balaban J connectivity index is 1.43. The standard InChI is InChI=1S/C41H58O5S/c1-6-7-16-37(46-27-29-13-9-8-10-14-29)41(5,26-30-24-28(2)17-20-36(30)47(43,44)45)38-35(42)25-34-32-19-18-31-15-11-12-22-39(31,3)33(32)21-23-40(34,38)4/h8-10,13-14,17-18,20,24,32-35,37-38,42H,6-7,11-12,15-16,19,21-23,25-27H2,1-5H3,(H,43,44,45)/t32?,33?,34?,35-,37-,38+,39-,40-,41-/m0/s1. The number of hydrogen-bond acceptors (Lipinski definition) is 4. The van der Waals surface area contributed by atoms with Gasteiger partial charge in [-0.1, -0.05) is 107 Å². The summed E-state index contributed by atoms with van der Waals surface area (Å²) >= 11 is 0. The molecule has 2 aromatic rings. The zero-order valence-corrected chi connectivity index (χ0v) is 30.2. The Hall–Kier alpha value is -1.99. The van der Waals surface area contributed by atoms with Crippen molar-refractivity contribution >= 4 is 10.1 Å². The average Bonchev–Trinajstić information content (AvgIpc) is 3.31. The van der Waals surface area contributed by atoms with E-state index in [-0.39, 0.29) is 27.7 Å². The van der Waals surface area contributed by atoms with Crippen molar-refractivity contribution in [1.82, 2.24) is 0 Å². The van der Waals surface area contributed by atoms with Crippen LogP contribution >= 0.6 is 0 Å². The molecule has 47 heavy (non-hydrogen) atoms. The van der Waals surface area contributed by atoms with Crippen molar-refractivity contribution in [2.45, 2.75) is 135 Å². The average molecular weight is 663 g/mol. The number of benzene rings is 2. The molecule has 3 unspecified atom stereocenters. The maximum absolute atomic E-state index is 12.8. The Morgan fingerprint density at radius 2 is 1.83 bits per heavy atom. The summed E-state index contributed by atoms with van der Waals surface area (Å²) in [6, 6.07) is 15.5. The summed E-state index contributed by atoms with van der Waals surface area (Å²) in [6.07, 6.45) is 14.4. The second-order valence-electron chi connectivity index (χ2n) is 16.5. The fourth-order valence-electron chi connectivity index (χ4n) is 11.6. The number of aliphatic hydroxyl groups is 1. The molecule has 9 atom stereocenters. The molecule has 0 heterocycles. The molecule has 0 aromatic heterocycles. The molecule has 2 aromatic carbocycles. The van der Waals surface area contributed by atoms with Crippen LogP contribution in [0.2, 0.25) is 0 Å². The molecule has 6 heteroatoms. The highest BCUT2D eigenvalue weighted by atomic mass is 32.2. The lowest BCUT2D eigenvalue weighted by atomic mass is 9.45. The van der Waals surface area contributed by atoms with Gasteiger partial charge in [-0.15, -0.1) is 0 Å². The number of fused-ring (bicyclic) bond motifs is 5. The van der Waals surface area contributed by atoms with Crippen molar-refractivity contribution in [1.29, 1.82) is 0 Å². The van der Waals surface area contributed by atoms with Crippen LogP contribution in [0.4, 0.5) is 0 Å². The van der Waals surface area contributed by atoms with Gasteiger partial charge in [-0.2, -0.15) is 8.42 Å². The van der Waals surface area contributed by atoms with Gasteiger partial charge in [-0.05, 0) is 116 Å². The van der Waals surface area contributed by atoms with Gasteiger partial charge in [0.1, 0.15) is 0 Å². The predicted molar refractivity (Wildman–Crippen MR) is 189 cm³/mol. The van der Waals surface area contributed by atoms with Crippen molar-refractivity contribution in [3.63, 3.8) is 0 Å². The summed E-state index contributed by atoms with van der Waals surface area (Å²) in [7, 11) is -4.44. The number of aryl methyl sites for hydroxylation is 1. The van der Waals surface area contributed by atoms with E-state index in [2.05, 4.69) is 45.9 Å². The summed E-state index contributed by atoms with van der Waals surface area (Å²) in [5, 5.41) is 12.4. The summed E-state index contributed by atoms with van der Waals surface area (Å²) in [5.74, 6) is 1.52. The first kappa shape index (κ1) is 34.9. The number of aliphatic hydroxyl groups excluding tert-OH is 1. The first-order valence-corrected chi connectivity index (χ1v) is 19.9. The van der Waals surface area contributed by atoms with E-state index in [9.17, 15) is 18.1 Å². The zero-order chi connectivity index (χ0) is 33.6. The van der Waals surface area contributed by atoms with Gasteiger partial charge in [0.15, 0.2) is 0 Å². The van der Waals surface area contributed by atoms with Crippen LogP contribution in [0.5, 0.6) is 0 Å². The van der Waals surface area contributed by atoms with Gasteiger partial charge in [0, 0.05) is 5.41 Å². The quantitative estimate of drug-likeness (QED) is 0.185. The second kappa shape index (κ2) is 13.4. The van der Waals surface area contributed by atoms with E-state index in [1.807, 2.05) is 31.2 Å². The largest absolute Gasteiger partial charge is 0.393 e. The SMILES string of the molecule is CCCC[C@H](OCc1ccccc1)[C@](C)(Cc1cc(C)ccc1S(=O)(=O)O)[C@@H]1[C@@H](O)CC2C3CC=C4CCCC[C@]4(C)C3CC[C@@]21C. The molecule has 0 spiro atoms. The second-order valence-corrected chi connectivity index (χ2v) is 17.9. The van der Waals surface area contributed by atoms with E-state index < -0.39 is 21.6 Å². The van der Waals surface area contributed by atoms with Crippen LogP contribution in [0.3, 0.4) is 0 Å². The molecule has 4 aliphatic rings. The molecule has 0 saturated heterocycles. The third kappa shape index (κ3) is 6.42. The number of hydrogen-bond donors (Lipinski definition) is 2. The summed E-state index contributed by atoms with van der Waals surface area (Å²) in [5.41, 5.74) is 3.95. The summed E-state index contributed by atoms with van der Waals surface area (Å²) in [4.78, 5) is -0.0281. The van der Waals surface area contributed by atoms with E-state index >= 15 is 0 Å². The molecule has 4 aliphatic carbocycles. The number of unbranched alkanes of at least 4 members (excludes halogenated alkanes) is 1. The highest BCUT2D eigenvalue weighted by Crippen LogP contribution is 2.69. The predicted octanol–water partition coefficient (Wildman–Crippen LogP) is 9.51. The molecule has 5 nitrogen and oxygen atoms in total. The molecule has 2 N–H and O–H groups in total. The third-order valence-corrected chi connectivity index (χ3v) is 14.6. The van der Waals surface area contributed by atoms with E-state index in [1.165, 1.54) is 32.1 Å². The van der Waals surface area contributed by atoms with Gasteiger partial charge in [0.05, 0.1) is 23.7 Å². The monoisotopic (exact) mass is 662 g/mol. The van der Waals surface area contributed by atoms with Gasteiger partial charge in [-0.3, -0.25) is 4.55 Å². The first-order valence-electron chi connectivity index (χ1n) is 18.4. The fourth-order valence-corrected chi connectivity index (χ4v) is 12.3. The minimum absolute atomic E-state index is 0.0281. The fraction of sp³-hybridized carbons (Fsp3) is 0.659. The minimum Gasteiger partial charge on any atom is -0.393 e. The Labute approximate surface area is 284 Å². The van der Waals surface area contributed by atoms with Crippen LogP contribution in [0.25, 0.3) is 0 Å². The minimum atomic E-state index is -4.44. The van der Waals surface area contributed by atoms with Gasteiger partial charge in [0.25, 0.3) is 10.1 Å². The Morgan fingerprint density at radius 3 is 2.55 bits per heavy atom. The normalized spacial score (nSPS) is 34.0. The third-order valence-electron chi connectivity index (χ3n) is 13.7. The molecular formula is C41H58O5S. The molecule has 6 rings (SSSR count). The molecule has 258 valence electrons. The number of allylic oxidation sites excluding steroid dienone is 2. The van der Waals surface area contributed by atoms with Crippen LogP contribution in [0.1, 0.15) is 115 Å². The van der Waals surface area contributed by atoms with Crippen LogP contribution in [0, 0.1) is 46.8 Å². The van der Waals surface area contributed by atoms with Crippen molar-refractivity contribution in [2.75, 3.05) is 0 Å². The first-order chi connectivity index (χ1) is 22.3. The van der Waals surface area contributed by atoms with Crippen LogP contribution in [-0.2, 0) is 27.9 Å². The Morgan fingerprint density at radius 1 is 1.06 bits per heavy atom. The Bertz CT molecular complexity index is 1550. The number of ether oxygens (including phenoxy) is 1. The van der Waals surface area contributed by atoms with Crippen LogP contribution in [-0.4, -0.2) is 30.3 Å². The molecule has 0 amide bonds. The highest BCUT2D eigenvalue weighted by Gasteiger charge is 2.65. The Kier molecular flexibility index (Phi) is 9.92. The van der Waals surface area contributed by atoms with Gasteiger partial charge in [0.2, 0.25) is 0 Å². The van der Waals surface area contributed by atoms with Crippen molar-refractivity contribution in [3.05, 3.63) is 76.9 Å². The zero-order valence-electron chi connectivity index (χ0n) is 29.4. The maximum Gasteiger partial charge on any atom is 0.294 e. The molecule has 0 radical (unpaired) electrons. The number of rotatable bonds is 11. The van der Waals surface area contributed by atoms with E-state index in [0.717, 1.165) is 49.7 Å². The molecule has 0 bridgehead atoms. The topological polar surface area (TPSA) is 83.8 Å². The van der Waals surface area contributed by atoms with Gasteiger partial charge in [-0.25, -0.2) is 0 Å². The van der Waals surface area contributed by atoms with E-state index in [1.54, 1.807) is 17.7 Å². The molecule has 3 fully saturated rings. The van der Waals surface area contributed by atoms with Crippen molar-refractivity contribution < 1.29 is 22.8 Å². The van der Waals surface area contributed by atoms with Crippen molar-refractivity contribution in [3.8, 4) is 0 Å². The van der Waals surface area contributed by atoms with Crippen LogP contribution in [0.15, 0.2) is 65.1 Å². The molecule has 0 aliphatic heterocycles. The maximum atomic E-state index is 12.8. The summed E-state index contributed by atoms with van der Waals surface area (Å²) < 4.78 is 42.9. The summed E-state index contributed by atoms with van der Waals surface area (Å²) in [6.45, 7) is 11.9. The van der Waals surface area contributed by atoms with Gasteiger partial charge < -0.3 is 9.84 Å².